The Labute approximate surface area is 124 Å². The highest BCUT2D eigenvalue weighted by Crippen LogP contribution is 2.34. The predicted molar refractivity (Wildman–Crippen MR) is 80.1 cm³/mol. The molecule has 0 bridgehead atoms. The average molecular weight is 295 g/mol. The maximum absolute atomic E-state index is 12.7. The minimum Gasteiger partial charge on any atom is -0.336 e. The van der Waals surface area contributed by atoms with Crippen LogP contribution in [-0.2, 0) is 4.79 Å². The van der Waals surface area contributed by atoms with E-state index >= 15 is 0 Å². The summed E-state index contributed by atoms with van der Waals surface area (Å²) in [6, 6.07) is 4.84. The number of hydrogen-bond donors (Lipinski definition) is 1. The van der Waals surface area contributed by atoms with Gasteiger partial charge in [0.1, 0.15) is 0 Å². The number of nitrogens with one attached hydrogen (secondary N) is 1. The summed E-state index contributed by atoms with van der Waals surface area (Å²) in [4.78, 5) is 26.0. The van der Waals surface area contributed by atoms with Gasteiger partial charge in [-0.05, 0) is 37.5 Å². The van der Waals surface area contributed by atoms with Gasteiger partial charge in [0.2, 0.25) is 5.91 Å². The van der Waals surface area contributed by atoms with Crippen LogP contribution >= 0.6 is 11.6 Å². The first-order chi connectivity index (χ1) is 9.45. The van der Waals surface area contributed by atoms with Crippen molar-refractivity contribution in [2.45, 2.75) is 33.6 Å². The van der Waals surface area contributed by atoms with Crippen molar-refractivity contribution in [1.82, 2.24) is 5.32 Å². The van der Waals surface area contributed by atoms with Crippen LogP contribution in [0, 0.1) is 12.3 Å². The molecule has 1 aromatic rings. The minimum absolute atomic E-state index is 0.147. The Balaban J connectivity index is 2.44. The van der Waals surface area contributed by atoms with Crippen molar-refractivity contribution in [2.24, 2.45) is 5.41 Å². The van der Waals surface area contributed by atoms with Crippen LogP contribution in [0.4, 0.5) is 10.5 Å². The summed E-state index contributed by atoms with van der Waals surface area (Å²) in [5, 5.41) is 3.36. The lowest BCUT2D eigenvalue weighted by Gasteiger charge is -2.40. The number of carbonyl (C=O) groups excluding carboxylic acids is 2. The summed E-state index contributed by atoms with van der Waals surface area (Å²) in [6.45, 7) is 6.22. The molecule has 0 saturated carbocycles. The third kappa shape index (κ3) is 2.29. The lowest BCUT2D eigenvalue weighted by molar-refractivity contribution is -0.128. The smallest absolute Gasteiger partial charge is 0.328 e. The van der Waals surface area contributed by atoms with E-state index in [2.05, 4.69) is 5.32 Å². The number of anilines is 1. The van der Waals surface area contributed by atoms with E-state index in [-0.39, 0.29) is 11.9 Å². The molecule has 0 radical (unpaired) electrons. The fraction of sp³-hybridized carbons (Fsp3) is 0.467. The number of amides is 3. The molecule has 1 saturated heterocycles. The van der Waals surface area contributed by atoms with Crippen LogP contribution in [0.1, 0.15) is 32.3 Å². The zero-order valence-electron chi connectivity index (χ0n) is 12.0. The normalized spacial score (nSPS) is 18.1. The molecule has 5 heteroatoms. The molecule has 20 heavy (non-hydrogen) atoms. The van der Waals surface area contributed by atoms with Crippen LogP contribution in [-0.4, -0.2) is 18.5 Å². The van der Waals surface area contributed by atoms with Crippen LogP contribution in [0.15, 0.2) is 18.2 Å². The van der Waals surface area contributed by atoms with Crippen LogP contribution in [0.25, 0.3) is 0 Å². The Bertz CT molecular complexity index is 553. The molecule has 1 aliphatic heterocycles. The second-order valence-corrected chi connectivity index (χ2v) is 5.63. The van der Waals surface area contributed by atoms with E-state index in [4.69, 9.17) is 11.6 Å². The van der Waals surface area contributed by atoms with Crippen molar-refractivity contribution in [2.75, 3.05) is 11.4 Å². The molecule has 0 atom stereocenters. The summed E-state index contributed by atoms with van der Waals surface area (Å²) in [7, 11) is 0. The number of imide groups is 1. The summed E-state index contributed by atoms with van der Waals surface area (Å²) < 4.78 is 0. The second kappa shape index (κ2) is 5.44. The number of benzene rings is 1. The fourth-order valence-electron chi connectivity index (χ4n) is 2.49. The molecule has 1 N–H and O–H groups in total. The third-order valence-corrected chi connectivity index (χ3v) is 4.61. The number of urea groups is 1. The fourth-order valence-corrected chi connectivity index (χ4v) is 2.66. The van der Waals surface area contributed by atoms with Gasteiger partial charge in [-0.2, -0.15) is 0 Å². The molecule has 3 amide bonds. The summed E-state index contributed by atoms with van der Waals surface area (Å²) in [5.41, 5.74) is 0.914. The lowest BCUT2D eigenvalue weighted by Crippen LogP contribution is -2.60. The van der Waals surface area contributed by atoms with E-state index in [1.165, 1.54) is 4.90 Å². The van der Waals surface area contributed by atoms with Gasteiger partial charge in [0.25, 0.3) is 0 Å². The quantitative estimate of drug-likeness (QED) is 0.927. The van der Waals surface area contributed by atoms with E-state index in [0.29, 0.717) is 30.1 Å². The maximum atomic E-state index is 12.7. The summed E-state index contributed by atoms with van der Waals surface area (Å²) in [6.07, 6.45) is 1.39. The molecule has 108 valence electrons. The first-order valence-corrected chi connectivity index (χ1v) is 7.21. The average Bonchev–Trinajstić information content (AvgIpc) is 2.44. The highest BCUT2D eigenvalue weighted by atomic mass is 35.5. The molecular formula is C15H19ClN2O2. The topological polar surface area (TPSA) is 49.4 Å². The van der Waals surface area contributed by atoms with E-state index in [1.54, 1.807) is 12.1 Å². The second-order valence-electron chi connectivity index (χ2n) is 5.22. The van der Waals surface area contributed by atoms with Gasteiger partial charge in [0.15, 0.2) is 0 Å². The van der Waals surface area contributed by atoms with Crippen molar-refractivity contribution >= 4 is 29.2 Å². The van der Waals surface area contributed by atoms with Crippen molar-refractivity contribution in [3.05, 3.63) is 28.8 Å². The first-order valence-electron chi connectivity index (χ1n) is 6.83. The largest absolute Gasteiger partial charge is 0.336 e. The molecule has 2 rings (SSSR count). The molecule has 1 aliphatic rings. The van der Waals surface area contributed by atoms with E-state index in [0.717, 1.165) is 5.56 Å². The van der Waals surface area contributed by atoms with Gasteiger partial charge in [-0.25, -0.2) is 9.69 Å². The maximum Gasteiger partial charge on any atom is 0.328 e. The van der Waals surface area contributed by atoms with Gasteiger partial charge < -0.3 is 5.32 Å². The van der Waals surface area contributed by atoms with Gasteiger partial charge in [0, 0.05) is 11.6 Å². The highest BCUT2D eigenvalue weighted by Gasteiger charge is 2.45. The number of aryl methyl sites for hydroxylation is 1. The van der Waals surface area contributed by atoms with Crippen LogP contribution in [0.2, 0.25) is 5.02 Å². The highest BCUT2D eigenvalue weighted by molar-refractivity contribution is 6.32. The molecule has 1 heterocycles. The van der Waals surface area contributed by atoms with E-state index in [9.17, 15) is 9.59 Å². The van der Waals surface area contributed by atoms with Crippen LogP contribution in [0.5, 0.6) is 0 Å². The molecule has 0 aromatic heterocycles. The first kappa shape index (κ1) is 14.9. The lowest BCUT2D eigenvalue weighted by atomic mass is 9.79. The number of hydrogen-bond acceptors (Lipinski definition) is 2. The standard InChI is InChI=1S/C15H19ClN2O2/c1-4-15(5-2)9-17-14(20)18(13(15)19)11-7-6-10(3)12(16)8-11/h6-8H,4-5,9H2,1-3H3,(H,17,20). The van der Waals surface area contributed by atoms with Crippen molar-refractivity contribution in [3.8, 4) is 0 Å². The Morgan fingerprint density at radius 1 is 1.30 bits per heavy atom. The van der Waals surface area contributed by atoms with Crippen molar-refractivity contribution in [3.63, 3.8) is 0 Å². The number of halogens is 1. The predicted octanol–water partition coefficient (Wildman–Crippen LogP) is 3.51. The van der Waals surface area contributed by atoms with E-state index in [1.807, 2.05) is 26.8 Å². The number of rotatable bonds is 3. The Kier molecular flexibility index (Phi) is 4.04. The van der Waals surface area contributed by atoms with Gasteiger partial charge in [-0.15, -0.1) is 0 Å². The van der Waals surface area contributed by atoms with Crippen LogP contribution in [0.3, 0.4) is 0 Å². The number of carbonyl (C=O) groups is 2. The van der Waals surface area contributed by atoms with Crippen molar-refractivity contribution < 1.29 is 9.59 Å². The Hall–Kier alpha value is -1.55. The molecule has 4 nitrogen and oxygen atoms in total. The van der Waals surface area contributed by atoms with Gasteiger partial charge in [0.05, 0.1) is 11.1 Å². The molecule has 1 fully saturated rings. The summed E-state index contributed by atoms with van der Waals surface area (Å²) >= 11 is 6.10. The molecule has 1 aromatic carbocycles. The number of nitrogens with zero attached hydrogens (tertiary/aromatic N) is 1. The van der Waals surface area contributed by atoms with Gasteiger partial charge in [-0.1, -0.05) is 31.5 Å². The summed E-state index contributed by atoms with van der Waals surface area (Å²) in [5.74, 6) is -0.147. The Morgan fingerprint density at radius 2 is 1.95 bits per heavy atom. The SMILES string of the molecule is CCC1(CC)CNC(=O)N(c2ccc(C)c(Cl)c2)C1=O. The monoisotopic (exact) mass is 294 g/mol. The third-order valence-electron chi connectivity index (χ3n) is 4.21. The molecule has 0 unspecified atom stereocenters. The molecule has 0 aliphatic carbocycles. The zero-order chi connectivity index (χ0) is 14.9. The zero-order valence-corrected chi connectivity index (χ0v) is 12.8. The van der Waals surface area contributed by atoms with Crippen LogP contribution < -0.4 is 10.2 Å². The van der Waals surface area contributed by atoms with E-state index < -0.39 is 5.41 Å². The minimum atomic E-state index is -0.523. The van der Waals surface area contributed by atoms with Crippen molar-refractivity contribution in [1.29, 1.82) is 0 Å². The van der Waals surface area contributed by atoms with Gasteiger partial charge in [-0.3, -0.25) is 4.79 Å². The molecule has 0 spiro atoms. The molecular weight excluding hydrogens is 276 g/mol. The van der Waals surface area contributed by atoms with Gasteiger partial charge >= 0.3 is 6.03 Å². The Morgan fingerprint density at radius 3 is 2.50 bits per heavy atom.